The van der Waals surface area contributed by atoms with Gasteiger partial charge in [-0.3, -0.25) is 0 Å². The summed E-state index contributed by atoms with van der Waals surface area (Å²) in [4.78, 5) is 2.56. The molecule has 0 aromatic rings. The highest BCUT2D eigenvalue weighted by Gasteiger charge is 1.99. The average molecular weight is 508 g/mol. The van der Waals surface area contributed by atoms with Crippen molar-refractivity contribution in [3.05, 3.63) is 0 Å². The third-order valence-electron chi connectivity index (χ3n) is 8.47. The molecular weight excluding hydrogens is 434 g/mol. The fraction of sp³-hybridized carbons (Fsp3) is 1.00. The van der Waals surface area contributed by atoms with E-state index in [9.17, 15) is 0 Å². The Hall–Kier alpha value is -0.0400. The summed E-state index contributed by atoms with van der Waals surface area (Å²) in [5.41, 5.74) is 0. The molecule has 0 saturated heterocycles. The highest BCUT2D eigenvalue weighted by Crippen LogP contribution is 2.16. The molecule has 0 fully saturated rings. The maximum Gasteiger partial charge on any atom is -0.00190 e. The Kier molecular flexibility index (Phi) is 33.0. The zero-order valence-corrected chi connectivity index (χ0v) is 26.1. The molecule has 0 saturated carbocycles. The quantitative estimate of drug-likeness (QED) is 0.0818. The summed E-state index contributed by atoms with van der Waals surface area (Å²) in [6.07, 6.45) is 42.8. The first-order chi connectivity index (χ1) is 17.8. The van der Waals surface area contributed by atoms with Gasteiger partial charge in [0.05, 0.1) is 0 Å². The van der Waals surface area contributed by atoms with Crippen LogP contribution >= 0.6 is 0 Å². The molecule has 0 unspecified atom stereocenters. The predicted molar refractivity (Wildman–Crippen MR) is 167 cm³/mol. The van der Waals surface area contributed by atoms with E-state index in [0.29, 0.717) is 0 Å². The second-order valence-electron chi connectivity index (χ2n) is 11.9. The Morgan fingerprint density at radius 2 is 0.444 bits per heavy atom. The van der Waals surface area contributed by atoms with Crippen molar-refractivity contribution in [1.29, 1.82) is 0 Å². The van der Waals surface area contributed by atoms with E-state index >= 15 is 0 Å². The first-order valence-electron chi connectivity index (χ1n) is 17.6. The number of hydrogen-bond acceptors (Lipinski definition) is 1. The lowest BCUT2D eigenvalue weighted by molar-refractivity contribution is 0.295. The standard InChI is InChI=1S/C35H73N/c1-4-7-8-9-10-11-12-13-14-15-16-17-18-19-20-21-22-23-24-25-26-27-28-29-30-31-32-33-34-35-36(5-2)6-3/h4-35H2,1-3H3. The summed E-state index contributed by atoms with van der Waals surface area (Å²) in [5, 5.41) is 0. The molecule has 0 aliphatic rings. The molecule has 0 aliphatic carbocycles. The molecule has 218 valence electrons. The number of nitrogens with zero attached hydrogens (tertiary/aromatic N) is 1. The monoisotopic (exact) mass is 508 g/mol. The van der Waals surface area contributed by atoms with Crippen LogP contribution in [0.2, 0.25) is 0 Å². The first kappa shape index (κ1) is 36.0. The van der Waals surface area contributed by atoms with Crippen molar-refractivity contribution < 1.29 is 0 Å². The van der Waals surface area contributed by atoms with Crippen LogP contribution in [-0.4, -0.2) is 24.5 Å². The van der Waals surface area contributed by atoms with Crippen molar-refractivity contribution in [3.63, 3.8) is 0 Å². The predicted octanol–water partition coefficient (Wildman–Crippen LogP) is 12.7. The normalized spacial score (nSPS) is 11.7. The van der Waals surface area contributed by atoms with Gasteiger partial charge in [0.25, 0.3) is 0 Å². The minimum Gasteiger partial charge on any atom is -0.304 e. The summed E-state index contributed by atoms with van der Waals surface area (Å²) in [7, 11) is 0. The smallest absolute Gasteiger partial charge is 0.00190 e. The van der Waals surface area contributed by atoms with Gasteiger partial charge in [-0.05, 0) is 26.1 Å². The van der Waals surface area contributed by atoms with Gasteiger partial charge in [0.15, 0.2) is 0 Å². The van der Waals surface area contributed by atoms with Crippen molar-refractivity contribution >= 4 is 0 Å². The molecule has 0 N–H and O–H groups in total. The SMILES string of the molecule is CCCCCCCCCCCCCCCCCCCCCCCCCCCCCCCN(CC)CC. The molecule has 0 rings (SSSR count). The van der Waals surface area contributed by atoms with Crippen LogP contribution in [0.5, 0.6) is 0 Å². The van der Waals surface area contributed by atoms with Crippen LogP contribution in [0.25, 0.3) is 0 Å². The number of unbranched alkanes of at least 4 members (excludes halogenated alkanes) is 28. The summed E-state index contributed by atoms with van der Waals surface area (Å²) >= 11 is 0. The molecule has 1 nitrogen and oxygen atoms in total. The maximum atomic E-state index is 2.56. The van der Waals surface area contributed by atoms with Crippen molar-refractivity contribution in [3.8, 4) is 0 Å². The van der Waals surface area contributed by atoms with Gasteiger partial charge in [-0.2, -0.15) is 0 Å². The fourth-order valence-corrected chi connectivity index (χ4v) is 5.72. The zero-order chi connectivity index (χ0) is 26.2. The van der Waals surface area contributed by atoms with Crippen LogP contribution in [0.1, 0.15) is 207 Å². The van der Waals surface area contributed by atoms with Crippen LogP contribution < -0.4 is 0 Å². The van der Waals surface area contributed by atoms with E-state index in [-0.39, 0.29) is 0 Å². The lowest BCUT2D eigenvalue weighted by Gasteiger charge is -2.17. The highest BCUT2D eigenvalue weighted by atomic mass is 15.1. The summed E-state index contributed by atoms with van der Waals surface area (Å²) in [5.74, 6) is 0. The third-order valence-corrected chi connectivity index (χ3v) is 8.47. The molecule has 0 aromatic heterocycles. The van der Waals surface area contributed by atoms with E-state index in [1.807, 2.05) is 0 Å². The van der Waals surface area contributed by atoms with Crippen molar-refractivity contribution in [2.75, 3.05) is 19.6 Å². The zero-order valence-electron chi connectivity index (χ0n) is 26.1. The first-order valence-corrected chi connectivity index (χ1v) is 17.6. The van der Waals surface area contributed by atoms with Gasteiger partial charge in [-0.25, -0.2) is 0 Å². The fourth-order valence-electron chi connectivity index (χ4n) is 5.72. The van der Waals surface area contributed by atoms with E-state index in [4.69, 9.17) is 0 Å². The van der Waals surface area contributed by atoms with E-state index in [2.05, 4.69) is 25.7 Å². The maximum absolute atomic E-state index is 2.56. The Morgan fingerprint density at radius 1 is 0.250 bits per heavy atom. The minimum atomic E-state index is 1.22. The van der Waals surface area contributed by atoms with Crippen molar-refractivity contribution in [2.45, 2.75) is 207 Å². The molecule has 1 heteroatoms. The van der Waals surface area contributed by atoms with Crippen molar-refractivity contribution in [1.82, 2.24) is 4.90 Å². The van der Waals surface area contributed by atoms with Crippen LogP contribution in [0.15, 0.2) is 0 Å². The lowest BCUT2D eigenvalue weighted by atomic mass is 10.0. The molecule has 0 amide bonds. The van der Waals surface area contributed by atoms with Gasteiger partial charge in [-0.15, -0.1) is 0 Å². The number of hydrogen-bond donors (Lipinski definition) is 0. The highest BCUT2D eigenvalue weighted by molar-refractivity contribution is 4.54. The number of rotatable bonds is 32. The van der Waals surface area contributed by atoms with Crippen LogP contribution in [0.3, 0.4) is 0 Å². The molecule has 0 atom stereocenters. The molecule has 0 heterocycles. The topological polar surface area (TPSA) is 3.24 Å². The summed E-state index contributed by atoms with van der Waals surface area (Å²) in [6.45, 7) is 10.6. The Balaban J connectivity index is 3.04. The van der Waals surface area contributed by atoms with Crippen molar-refractivity contribution in [2.24, 2.45) is 0 Å². The molecule has 0 bridgehead atoms. The molecule has 36 heavy (non-hydrogen) atoms. The van der Waals surface area contributed by atoms with E-state index < -0.39 is 0 Å². The Bertz CT molecular complexity index is 362. The van der Waals surface area contributed by atoms with Gasteiger partial charge >= 0.3 is 0 Å². The van der Waals surface area contributed by atoms with Crippen LogP contribution in [0.4, 0.5) is 0 Å². The average Bonchev–Trinajstić information content (AvgIpc) is 2.90. The van der Waals surface area contributed by atoms with E-state index in [0.717, 1.165) is 0 Å². The van der Waals surface area contributed by atoms with Crippen LogP contribution in [0, 0.1) is 0 Å². The Labute approximate surface area is 231 Å². The largest absolute Gasteiger partial charge is 0.304 e. The lowest BCUT2D eigenvalue weighted by Crippen LogP contribution is -2.23. The molecular formula is C35H73N. The molecule has 0 aliphatic heterocycles. The molecule has 0 spiro atoms. The summed E-state index contributed by atoms with van der Waals surface area (Å²) in [6, 6.07) is 0. The van der Waals surface area contributed by atoms with Crippen LogP contribution in [-0.2, 0) is 0 Å². The van der Waals surface area contributed by atoms with E-state index in [1.54, 1.807) is 0 Å². The van der Waals surface area contributed by atoms with Gasteiger partial charge < -0.3 is 4.90 Å². The Morgan fingerprint density at radius 3 is 0.639 bits per heavy atom. The minimum absolute atomic E-state index is 1.22. The van der Waals surface area contributed by atoms with Gasteiger partial charge in [0, 0.05) is 0 Å². The third kappa shape index (κ3) is 30.2. The second kappa shape index (κ2) is 33.0. The molecule has 0 aromatic carbocycles. The van der Waals surface area contributed by atoms with E-state index in [1.165, 1.54) is 206 Å². The summed E-state index contributed by atoms with van der Waals surface area (Å²) < 4.78 is 0. The second-order valence-corrected chi connectivity index (χ2v) is 11.9. The van der Waals surface area contributed by atoms with Gasteiger partial charge in [0.2, 0.25) is 0 Å². The van der Waals surface area contributed by atoms with Gasteiger partial charge in [-0.1, -0.05) is 201 Å². The molecule has 0 radical (unpaired) electrons. The van der Waals surface area contributed by atoms with Gasteiger partial charge in [0.1, 0.15) is 0 Å².